The molecule has 3 aromatic rings. The number of oxazole rings is 1. The number of aromatic nitrogens is 1. The Morgan fingerprint density at radius 1 is 1.00 bits per heavy atom. The van der Waals surface area contributed by atoms with E-state index in [2.05, 4.69) is 16.9 Å². The van der Waals surface area contributed by atoms with Gasteiger partial charge in [-0.3, -0.25) is 4.79 Å². The predicted octanol–water partition coefficient (Wildman–Crippen LogP) is 2.90. The Morgan fingerprint density at radius 2 is 1.68 bits per heavy atom. The van der Waals surface area contributed by atoms with Crippen molar-refractivity contribution in [2.45, 2.75) is 0 Å². The molecule has 1 aromatic heterocycles. The number of rotatable bonds is 4. The van der Waals surface area contributed by atoms with Gasteiger partial charge in [0.25, 0.3) is 5.91 Å². The van der Waals surface area contributed by atoms with E-state index < -0.39 is 0 Å². The van der Waals surface area contributed by atoms with Gasteiger partial charge < -0.3 is 23.7 Å². The molecule has 1 amide bonds. The van der Waals surface area contributed by atoms with Gasteiger partial charge in [-0.05, 0) is 37.4 Å². The maximum Gasteiger partial charge on any atom is 0.254 e. The van der Waals surface area contributed by atoms with E-state index in [-0.39, 0.29) is 5.91 Å². The summed E-state index contributed by atoms with van der Waals surface area (Å²) in [7, 11) is 5.26. The summed E-state index contributed by atoms with van der Waals surface area (Å²) in [5.74, 6) is 1.80. The summed E-state index contributed by atoms with van der Waals surface area (Å²) in [4.78, 5) is 21.5. The molecule has 0 unspecified atom stereocenters. The largest absolute Gasteiger partial charge is 0.497 e. The number of hydrogen-bond donors (Lipinski definition) is 0. The quantitative estimate of drug-likeness (QED) is 0.692. The molecule has 2 aromatic carbocycles. The number of ether oxygens (including phenoxy) is 2. The first-order chi connectivity index (χ1) is 13.6. The first-order valence-corrected chi connectivity index (χ1v) is 9.19. The number of hydrogen-bond acceptors (Lipinski definition) is 6. The molecular formula is C21H23N3O4. The molecular weight excluding hydrogens is 358 g/mol. The Hall–Kier alpha value is -3.06. The van der Waals surface area contributed by atoms with Crippen LogP contribution < -0.4 is 9.47 Å². The molecule has 0 N–H and O–H groups in total. The molecule has 0 bridgehead atoms. The van der Waals surface area contributed by atoms with Gasteiger partial charge in [-0.1, -0.05) is 0 Å². The normalized spacial score (nSPS) is 15.0. The topological polar surface area (TPSA) is 68.0 Å². The molecule has 1 aliphatic heterocycles. The summed E-state index contributed by atoms with van der Waals surface area (Å²) in [5, 5.41) is 0. The number of nitrogens with zero attached hydrogens (tertiary/aromatic N) is 3. The standard InChI is InChI=1S/C21H23N3O4/c1-23-6-8-24(9-7-23)21(25)14-4-5-19-18(12-14)22-20(28-19)15-10-16(26-2)13-17(11-15)27-3/h4-5,10-13H,6-9H2,1-3H3. The van der Waals surface area contributed by atoms with Gasteiger partial charge in [0.1, 0.15) is 17.0 Å². The molecule has 0 spiro atoms. The van der Waals surface area contributed by atoms with E-state index in [9.17, 15) is 4.79 Å². The van der Waals surface area contributed by atoms with E-state index in [1.165, 1.54) is 0 Å². The Morgan fingerprint density at radius 3 is 2.32 bits per heavy atom. The van der Waals surface area contributed by atoms with Crippen LogP contribution in [0.3, 0.4) is 0 Å². The van der Waals surface area contributed by atoms with Crippen LogP contribution in [0.5, 0.6) is 11.5 Å². The summed E-state index contributed by atoms with van der Waals surface area (Å²) >= 11 is 0. The molecule has 0 saturated carbocycles. The molecule has 28 heavy (non-hydrogen) atoms. The molecule has 7 nitrogen and oxygen atoms in total. The Labute approximate surface area is 163 Å². The van der Waals surface area contributed by atoms with Gasteiger partial charge in [0.2, 0.25) is 5.89 Å². The third kappa shape index (κ3) is 3.53. The highest BCUT2D eigenvalue weighted by Gasteiger charge is 2.21. The molecule has 0 atom stereocenters. The molecule has 7 heteroatoms. The molecule has 4 rings (SSSR count). The van der Waals surface area contributed by atoms with Crippen molar-refractivity contribution < 1.29 is 18.7 Å². The number of fused-ring (bicyclic) bond motifs is 1. The van der Waals surface area contributed by atoms with Gasteiger partial charge >= 0.3 is 0 Å². The van der Waals surface area contributed by atoms with Crippen LogP contribution in [0.4, 0.5) is 0 Å². The number of benzene rings is 2. The zero-order valence-electron chi connectivity index (χ0n) is 16.3. The second kappa shape index (κ2) is 7.52. The molecule has 146 valence electrons. The van der Waals surface area contributed by atoms with Crippen molar-refractivity contribution in [1.29, 1.82) is 0 Å². The van der Waals surface area contributed by atoms with E-state index in [1.54, 1.807) is 38.5 Å². The monoisotopic (exact) mass is 381 g/mol. The van der Waals surface area contributed by atoms with Gasteiger partial charge in [0, 0.05) is 43.4 Å². The van der Waals surface area contributed by atoms with Crippen LogP contribution in [0.2, 0.25) is 0 Å². The maximum absolute atomic E-state index is 12.8. The number of amides is 1. The minimum absolute atomic E-state index is 0.0302. The lowest BCUT2D eigenvalue weighted by Crippen LogP contribution is -2.47. The average Bonchev–Trinajstić information content (AvgIpc) is 3.16. The van der Waals surface area contributed by atoms with Crippen LogP contribution in [0.1, 0.15) is 10.4 Å². The predicted molar refractivity (Wildman–Crippen MR) is 106 cm³/mol. The lowest BCUT2D eigenvalue weighted by molar-refractivity contribution is 0.0664. The summed E-state index contributed by atoms with van der Waals surface area (Å²) in [6.45, 7) is 3.25. The Kier molecular flexibility index (Phi) is 4.92. The Balaban J connectivity index is 1.64. The van der Waals surface area contributed by atoms with Gasteiger partial charge in [-0.25, -0.2) is 4.98 Å². The Bertz CT molecular complexity index is 984. The first kappa shape index (κ1) is 18.3. The zero-order valence-corrected chi connectivity index (χ0v) is 16.3. The summed E-state index contributed by atoms with van der Waals surface area (Å²) in [5.41, 5.74) is 2.66. The maximum atomic E-state index is 12.8. The van der Waals surface area contributed by atoms with E-state index in [0.29, 0.717) is 34.1 Å². The van der Waals surface area contributed by atoms with E-state index in [1.807, 2.05) is 17.0 Å². The molecule has 0 aliphatic carbocycles. The SMILES string of the molecule is COc1cc(OC)cc(-c2nc3cc(C(=O)N4CCN(C)CC4)ccc3o2)c1. The summed E-state index contributed by atoms with van der Waals surface area (Å²) < 4.78 is 16.5. The van der Waals surface area contributed by atoms with Crippen LogP contribution in [0.25, 0.3) is 22.6 Å². The molecule has 1 saturated heterocycles. The fraction of sp³-hybridized carbons (Fsp3) is 0.333. The van der Waals surface area contributed by atoms with Crippen molar-refractivity contribution in [3.63, 3.8) is 0 Å². The minimum Gasteiger partial charge on any atom is -0.497 e. The van der Waals surface area contributed by atoms with Crippen molar-refractivity contribution in [2.75, 3.05) is 47.4 Å². The fourth-order valence-electron chi connectivity index (χ4n) is 3.31. The molecule has 1 aliphatic rings. The number of methoxy groups -OCH3 is 2. The van der Waals surface area contributed by atoms with Crippen LogP contribution in [-0.4, -0.2) is 68.1 Å². The minimum atomic E-state index is 0.0302. The van der Waals surface area contributed by atoms with Crippen molar-refractivity contribution in [3.8, 4) is 23.0 Å². The highest BCUT2D eigenvalue weighted by atomic mass is 16.5. The van der Waals surface area contributed by atoms with Gasteiger partial charge in [0.15, 0.2) is 5.58 Å². The van der Waals surface area contributed by atoms with E-state index >= 15 is 0 Å². The number of carbonyl (C=O) groups is 1. The highest BCUT2D eigenvalue weighted by molar-refractivity contribution is 5.97. The van der Waals surface area contributed by atoms with E-state index in [0.717, 1.165) is 31.7 Å². The summed E-state index contributed by atoms with van der Waals surface area (Å²) in [6.07, 6.45) is 0. The van der Waals surface area contributed by atoms with Crippen LogP contribution in [0, 0.1) is 0 Å². The van der Waals surface area contributed by atoms with Gasteiger partial charge in [0.05, 0.1) is 14.2 Å². The molecule has 1 fully saturated rings. The van der Waals surface area contributed by atoms with Crippen LogP contribution in [0.15, 0.2) is 40.8 Å². The average molecular weight is 381 g/mol. The van der Waals surface area contributed by atoms with Crippen molar-refractivity contribution in [1.82, 2.24) is 14.8 Å². The molecule has 0 radical (unpaired) electrons. The first-order valence-electron chi connectivity index (χ1n) is 9.19. The fourth-order valence-corrected chi connectivity index (χ4v) is 3.31. The zero-order chi connectivity index (χ0) is 19.7. The van der Waals surface area contributed by atoms with Crippen molar-refractivity contribution in [3.05, 3.63) is 42.0 Å². The summed E-state index contributed by atoms with van der Waals surface area (Å²) in [6, 6.07) is 10.9. The smallest absolute Gasteiger partial charge is 0.254 e. The van der Waals surface area contributed by atoms with Gasteiger partial charge in [-0.2, -0.15) is 0 Å². The van der Waals surface area contributed by atoms with Gasteiger partial charge in [-0.15, -0.1) is 0 Å². The second-order valence-electron chi connectivity index (χ2n) is 6.90. The number of piperazine rings is 1. The van der Waals surface area contributed by atoms with Crippen LogP contribution in [-0.2, 0) is 0 Å². The van der Waals surface area contributed by atoms with E-state index in [4.69, 9.17) is 13.9 Å². The van der Waals surface area contributed by atoms with Crippen molar-refractivity contribution >= 4 is 17.0 Å². The van der Waals surface area contributed by atoms with Crippen LogP contribution >= 0.6 is 0 Å². The lowest BCUT2D eigenvalue weighted by atomic mass is 10.1. The second-order valence-corrected chi connectivity index (χ2v) is 6.90. The number of carbonyl (C=O) groups excluding carboxylic acids is 1. The van der Waals surface area contributed by atoms with Crippen molar-refractivity contribution in [2.24, 2.45) is 0 Å². The third-order valence-electron chi connectivity index (χ3n) is 5.02. The number of likely N-dealkylation sites (N-methyl/N-ethyl adjacent to an activating group) is 1. The molecule has 2 heterocycles. The lowest BCUT2D eigenvalue weighted by Gasteiger charge is -2.32. The highest BCUT2D eigenvalue weighted by Crippen LogP contribution is 2.31. The third-order valence-corrected chi connectivity index (χ3v) is 5.02.